The van der Waals surface area contributed by atoms with Gasteiger partial charge in [-0.05, 0) is 12.2 Å². The van der Waals surface area contributed by atoms with E-state index in [4.69, 9.17) is 11.2 Å². The molecule has 10 heavy (non-hydrogen) atoms. The largest absolute Gasteiger partial charge is 0.0948 e. The van der Waals surface area contributed by atoms with Crippen LogP contribution in [0.25, 0.3) is 0 Å². The fraction of sp³-hybridized carbons (Fsp3) is 0.143. The van der Waals surface area contributed by atoms with E-state index in [1.807, 2.05) is 0 Å². The minimum absolute atomic E-state index is 0. The van der Waals surface area contributed by atoms with Gasteiger partial charge in [0, 0.05) is 25.3 Å². The predicted molar refractivity (Wildman–Crippen MR) is 50.7 cm³/mol. The van der Waals surface area contributed by atoms with Gasteiger partial charge in [-0.2, -0.15) is 0 Å². The van der Waals surface area contributed by atoms with Crippen molar-refractivity contribution in [3.8, 4) is 0 Å². The number of aryl methyl sites for hydroxylation is 1. The maximum Gasteiger partial charge on any atom is 0.00659 e. The van der Waals surface area contributed by atoms with Crippen molar-refractivity contribution in [2.45, 2.75) is 6.92 Å². The third-order valence-corrected chi connectivity index (χ3v) is 2.37. The van der Waals surface area contributed by atoms with Crippen LogP contribution in [0, 0.1) is 6.92 Å². The van der Waals surface area contributed by atoms with E-state index in [2.05, 4.69) is 31.2 Å². The number of hydrogen-bond acceptors (Lipinski definition) is 0. The normalized spacial score (nSPS) is 9.80. The van der Waals surface area contributed by atoms with Gasteiger partial charge in [0.2, 0.25) is 0 Å². The van der Waals surface area contributed by atoms with Crippen LogP contribution in [0.4, 0.5) is 0 Å². The lowest BCUT2D eigenvalue weighted by Gasteiger charge is -1.93. The molecule has 0 bridgehead atoms. The fourth-order valence-electron chi connectivity index (χ4n) is 0.617. The second-order valence-electron chi connectivity index (χ2n) is 1.96. The first-order valence-corrected chi connectivity index (χ1v) is 4.77. The van der Waals surface area contributed by atoms with Crippen LogP contribution in [-0.2, 0) is 0 Å². The Balaban J connectivity index is 0.000000810. The van der Waals surface area contributed by atoms with Crippen LogP contribution in [0.15, 0.2) is 24.3 Å². The van der Waals surface area contributed by atoms with Crippen molar-refractivity contribution < 1.29 is 0 Å². The topological polar surface area (TPSA) is 0 Å². The van der Waals surface area contributed by atoms with Crippen LogP contribution in [0.1, 0.15) is 5.56 Å². The van der Waals surface area contributed by atoms with Crippen LogP contribution in [0.3, 0.4) is 0 Å². The third kappa shape index (κ3) is 3.04. The van der Waals surface area contributed by atoms with Gasteiger partial charge < -0.3 is 0 Å². The lowest BCUT2D eigenvalue weighted by molar-refractivity contribution is 1.49. The van der Waals surface area contributed by atoms with Crippen molar-refractivity contribution in [2.75, 3.05) is 0 Å². The molecule has 0 saturated carbocycles. The molecule has 0 spiro atoms. The number of benzene rings is 1. The Hall–Kier alpha value is 0.472. The minimum Gasteiger partial charge on any atom is -0.0948 e. The van der Waals surface area contributed by atoms with E-state index in [9.17, 15) is 0 Å². The second kappa shape index (κ2) is 5.17. The molecular formula is C7H8AlClP. The summed E-state index contributed by atoms with van der Waals surface area (Å²) in [5.74, 6) is 0. The summed E-state index contributed by atoms with van der Waals surface area (Å²) in [6, 6.07) is 8.26. The third-order valence-electron chi connectivity index (χ3n) is 1.16. The second-order valence-corrected chi connectivity index (χ2v) is 3.29. The Kier molecular flexibility index (Phi) is 5.41. The van der Waals surface area contributed by atoms with Gasteiger partial charge in [-0.15, -0.1) is 0 Å². The van der Waals surface area contributed by atoms with E-state index < -0.39 is 0 Å². The summed E-state index contributed by atoms with van der Waals surface area (Å²) in [5.41, 5.74) is 1.29. The molecule has 0 fully saturated rings. The molecule has 0 aromatic heterocycles. The summed E-state index contributed by atoms with van der Waals surface area (Å²) >= 11 is 5.61. The van der Waals surface area contributed by atoms with E-state index in [0.717, 1.165) is 0 Å². The molecule has 3 heteroatoms. The van der Waals surface area contributed by atoms with Crippen molar-refractivity contribution in [2.24, 2.45) is 0 Å². The first kappa shape index (κ1) is 10.5. The molecular weight excluding hydrogens is 177 g/mol. The maximum atomic E-state index is 5.61. The quantitative estimate of drug-likeness (QED) is 0.464. The van der Waals surface area contributed by atoms with E-state index >= 15 is 0 Å². The molecule has 0 heterocycles. The van der Waals surface area contributed by atoms with Crippen molar-refractivity contribution in [3.63, 3.8) is 0 Å². The van der Waals surface area contributed by atoms with Gasteiger partial charge >= 0.3 is 0 Å². The smallest absolute Gasteiger partial charge is 0.00659 e. The average molecular weight is 186 g/mol. The van der Waals surface area contributed by atoms with Crippen LogP contribution >= 0.6 is 19.2 Å². The van der Waals surface area contributed by atoms with Crippen molar-refractivity contribution in [1.29, 1.82) is 0 Å². The Morgan fingerprint density at radius 3 is 2.10 bits per heavy atom. The lowest BCUT2D eigenvalue weighted by atomic mass is 10.2. The monoisotopic (exact) mass is 185 g/mol. The highest BCUT2D eigenvalue weighted by Crippen LogP contribution is 2.14. The first-order chi connectivity index (χ1) is 4.33. The van der Waals surface area contributed by atoms with Crippen molar-refractivity contribution in [3.05, 3.63) is 29.8 Å². The highest BCUT2D eigenvalue weighted by Gasteiger charge is 1.86. The molecule has 0 nitrogen and oxygen atoms in total. The molecule has 0 saturated heterocycles. The van der Waals surface area contributed by atoms with E-state index in [1.54, 1.807) is 0 Å². The average Bonchev–Trinajstić information content (AvgIpc) is 1.90. The summed E-state index contributed by atoms with van der Waals surface area (Å²) in [4.78, 5) is 0. The molecule has 1 rings (SSSR count). The SMILES string of the molecule is Cc1ccc(PCl)cc1.[Al]. The first-order valence-electron chi connectivity index (χ1n) is 2.76. The number of hydrogen-bond donors (Lipinski definition) is 0. The predicted octanol–water partition coefficient (Wildman–Crippen LogP) is 2.07. The van der Waals surface area contributed by atoms with E-state index in [0.29, 0.717) is 7.93 Å². The van der Waals surface area contributed by atoms with Gasteiger partial charge in [-0.1, -0.05) is 41.1 Å². The van der Waals surface area contributed by atoms with Gasteiger partial charge in [0.05, 0.1) is 0 Å². The van der Waals surface area contributed by atoms with Gasteiger partial charge in [0.1, 0.15) is 0 Å². The zero-order valence-corrected chi connectivity index (χ0v) is 8.68. The Labute approximate surface area is 78.7 Å². The van der Waals surface area contributed by atoms with Crippen molar-refractivity contribution >= 4 is 41.8 Å². The minimum atomic E-state index is 0. The summed E-state index contributed by atoms with van der Waals surface area (Å²) in [5, 5.41) is 1.21. The maximum absolute atomic E-state index is 5.61. The number of rotatable bonds is 1. The molecule has 0 amide bonds. The fourth-order valence-corrected chi connectivity index (χ4v) is 1.29. The summed E-state index contributed by atoms with van der Waals surface area (Å²) in [6.07, 6.45) is 0. The molecule has 0 aliphatic carbocycles. The van der Waals surface area contributed by atoms with Gasteiger partial charge in [-0.3, -0.25) is 0 Å². The van der Waals surface area contributed by atoms with Crippen LogP contribution in [0.5, 0.6) is 0 Å². The summed E-state index contributed by atoms with van der Waals surface area (Å²) in [6.45, 7) is 2.07. The highest BCUT2D eigenvalue weighted by atomic mass is 35.7. The van der Waals surface area contributed by atoms with Crippen LogP contribution in [-0.4, -0.2) is 17.4 Å². The van der Waals surface area contributed by atoms with Crippen molar-refractivity contribution in [1.82, 2.24) is 0 Å². The summed E-state index contributed by atoms with van der Waals surface area (Å²) < 4.78 is 0. The Bertz CT molecular complexity index is 185. The van der Waals surface area contributed by atoms with Gasteiger partial charge in [-0.25, -0.2) is 0 Å². The van der Waals surface area contributed by atoms with Crippen LogP contribution in [0.2, 0.25) is 0 Å². The Morgan fingerprint density at radius 2 is 1.70 bits per heavy atom. The molecule has 0 aliphatic rings. The van der Waals surface area contributed by atoms with Gasteiger partial charge in [0.15, 0.2) is 0 Å². The summed E-state index contributed by atoms with van der Waals surface area (Å²) in [7, 11) is 0.399. The lowest BCUT2D eigenvalue weighted by Crippen LogP contribution is -1.88. The van der Waals surface area contributed by atoms with Gasteiger partial charge in [0.25, 0.3) is 0 Å². The molecule has 51 valence electrons. The molecule has 1 aromatic rings. The zero-order valence-electron chi connectivity index (χ0n) is 5.76. The standard InChI is InChI=1S/C7H8ClP.Al/c1-6-2-4-7(9-8)5-3-6;/h2-5,9H,1H3;. The van der Waals surface area contributed by atoms with Crippen LogP contribution < -0.4 is 5.30 Å². The molecule has 0 N–H and O–H groups in total. The molecule has 3 radical (unpaired) electrons. The van der Waals surface area contributed by atoms with E-state index in [-0.39, 0.29) is 17.4 Å². The molecule has 0 aliphatic heterocycles. The highest BCUT2D eigenvalue weighted by molar-refractivity contribution is 7.74. The molecule has 1 aromatic carbocycles. The number of halogens is 1. The Morgan fingerprint density at radius 1 is 1.20 bits per heavy atom. The zero-order chi connectivity index (χ0) is 6.69. The molecule has 1 unspecified atom stereocenters. The molecule has 1 atom stereocenters. The van der Waals surface area contributed by atoms with E-state index in [1.165, 1.54) is 10.9 Å².